The van der Waals surface area contributed by atoms with E-state index < -0.39 is 0 Å². The third kappa shape index (κ3) is 2.84. The molecule has 0 saturated carbocycles. The molecule has 0 bridgehead atoms. The number of nitrogens with zero attached hydrogens (tertiary/aromatic N) is 3. The van der Waals surface area contributed by atoms with E-state index in [1.165, 1.54) is 12.7 Å². The number of hydrogen-bond acceptors (Lipinski definition) is 5. The van der Waals surface area contributed by atoms with Crippen LogP contribution < -0.4 is 5.32 Å². The van der Waals surface area contributed by atoms with Gasteiger partial charge in [0.15, 0.2) is 6.33 Å². The Morgan fingerprint density at radius 3 is 3.00 bits per heavy atom. The highest BCUT2D eigenvalue weighted by Gasteiger charge is 2.31. The van der Waals surface area contributed by atoms with Crippen LogP contribution in [-0.2, 0) is 6.42 Å². The average molecular weight is 238 g/mol. The summed E-state index contributed by atoms with van der Waals surface area (Å²) in [6.07, 6.45) is 3.53. The zero-order valence-corrected chi connectivity index (χ0v) is 10.9. The monoisotopic (exact) mass is 238 g/mol. The summed E-state index contributed by atoms with van der Waals surface area (Å²) in [5, 5.41) is 7.04. The second kappa shape index (κ2) is 5.60. The number of nitrogens with one attached hydrogen (secondary N) is 1. The summed E-state index contributed by atoms with van der Waals surface area (Å²) in [5.41, 5.74) is 0. The summed E-state index contributed by atoms with van der Waals surface area (Å²) in [6.45, 7) is 6.78. The quantitative estimate of drug-likeness (QED) is 0.845. The summed E-state index contributed by atoms with van der Waals surface area (Å²) in [4.78, 5) is 6.58. The Bertz CT molecular complexity index is 327. The molecule has 96 valence electrons. The topological polar surface area (TPSA) is 54.2 Å². The van der Waals surface area contributed by atoms with Crippen LogP contribution in [0.2, 0.25) is 0 Å². The van der Waals surface area contributed by atoms with Crippen molar-refractivity contribution in [3.8, 4) is 0 Å². The second-order valence-corrected chi connectivity index (χ2v) is 4.90. The van der Waals surface area contributed by atoms with Crippen molar-refractivity contribution in [2.45, 2.75) is 38.8 Å². The molecular formula is C12H22N4O. The molecule has 1 aromatic heterocycles. The molecule has 0 radical (unpaired) electrons. The molecule has 5 heteroatoms. The Morgan fingerprint density at radius 1 is 1.53 bits per heavy atom. The lowest BCUT2D eigenvalue weighted by Gasteiger charge is -2.42. The Morgan fingerprint density at radius 2 is 2.35 bits per heavy atom. The molecule has 0 spiro atoms. The molecule has 1 saturated heterocycles. The molecule has 0 aromatic carbocycles. The molecule has 5 nitrogen and oxygen atoms in total. The van der Waals surface area contributed by atoms with E-state index in [2.05, 4.69) is 41.3 Å². The lowest BCUT2D eigenvalue weighted by Crippen LogP contribution is -2.53. The van der Waals surface area contributed by atoms with Crippen molar-refractivity contribution in [1.82, 2.24) is 20.4 Å². The van der Waals surface area contributed by atoms with Crippen molar-refractivity contribution < 1.29 is 4.52 Å². The molecule has 0 aliphatic carbocycles. The summed E-state index contributed by atoms with van der Waals surface area (Å²) in [6, 6.07) is 1.24. The SMILES string of the molecule is CNC1CCN(CCc2ncno2)C(C)C1C. The van der Waals surface area contributed by atoms with Crippen LogP contribution >= 0.6 is 0 Å². The standard InChI is InChI=1S/C12H22N4O/c1-9-10(2)16(6-4-11(9)13-3)7-5-12-14-8-15-17-12/h8-11,13H,4-7H2,1-3H3. The zero-order chi connectivity index (χ0) is 12.3. The van der Waals surface area contributed by atoms with Gasteiger partial charge in [0.2, 0.25) is 5.89 Å². The number of likely N-dealkylation sites (tertiary alicyclic amines) is 1. The van der Waals surface area contributed by atoms with E-state index in [0.717, 1.165) is 25.4 Å². The second-order valence-electron chi connectivity index (χ2n) is 4.90. The minimum atomic E-state index is 0.601. The molecule has 1 aromatic rings. The largest absolute Gasteiger partial charge is 0.340 e. The first-order valence-corrected chi connectivity index (χ1v) is 6.39. The van der Waals surface area contributed by atoms with Crippen LogP contribution in [0.4, 0.5) is 0 Å². The molecule has 3 atom stereocenters. The third-order valence-corrected chi connectivity index (χ3v) is 4.09. The van der Waals surface area contributed by atoms with E-state index in [-0.39, 0.29) is 0 Å². The molecule has 1 N–H and O–H groups in total. The molecule has 2 rings (SSSR count). The highest BCUT2D eigenvalue weighted by molar-refractivity contribution is 4.89. The Balaban J connectivity index is 1.85. The van der Waals surface area contributed by atoms with Crippen molar-refractivity contribution >= 4 is 0 Å². The highest BCUT2D eigenvalue weighted by Crippen LogP contribution is 2.23. The molecular weight excluding hydrogens is 216 g/mol. The summed E-state index contributed by atoms with van der Waals surface area (Å²) in [5.74, 6) is 1.41. The fraction of sp³-hybridized carbons (Fsp3) is 0.833. The normalized spacial score (nSPS) is 30.6. The van der Waals surface area contributed by atoms with E-state index in [1.54, 1.807) is 0 Å². The van der Waals surface area contributed by atoms with Gasteiger partial charge < -0.3 is 9.84 Å². The van der Waals surface area contributed by atoms with Crippen LogP contribution in [0.25, 0.3) is 0 Å². The van der Waals surface area contributed by atoms with E-state index in [0.29, 0.717) is 18.0 Å². The van der Waals surface area contributed by atoms with E-state index >= 15 is 0 Å². The van der Waals surface area contributed by atoms with Gasteiger partial charge in [0.25, 0.3) is 0 Å². The van der Waals surface area contributed by atoms with Crippen LogP contribution in [0.1, 0.15) is 26.2 Å². The predicted molar refractivity (Wildman–Crippen MR) is 65.7 cm³/mol. The summed E-state index contributed by atoms with van der Waals surface area (Å²) in [7, 11) is 2.06. The molecule has 0 amide bonds. The van der Waals surface area contributed by atoms with Gasteiger partial charge in [0.1, 0.15) is 0 Å². The Labute approximate surface area is 103 Å². The third-order valence-electron chi connectivity index (χ3n) is 4.09. The van der Waals surface area contributed by atoms with Crippen molar-refractivity contribution in [3.63, 3.8) is 0 Å². The molecule has 2 heterocycles. The molecule has 3 unspecified atom stereocenters. The molecule has 1 fully saturated rings. The predicted octanol–water partition coefficient (Wildman–Crippen LogP) is 0.930. The van der Waals surface area contributed by atoms with E-state index in [9.17, 15) is 0 Å². The van der Waals surface area contributed by atoms with E-state index in [4.69, 9.17) is 4.52 Å². The van der Waals surface area contributed by atoms with Crippen LogP contribution in [0.3, 0.4) is 0 Å². The number of aromatic nitrogens is 2. The number of rotatable bonds is 4. The molecule has 1 aliphatic heterocycles. The summed E-state index contributed by atoms with van der Waals surface area (Å²) < 4.78 is 5.03. The van der Waals surface area contributed by atoms with Gasteiger partial charge in [-0.25, -0.2) is 0 Å². The first kappa shape index (κ1) is 12.5. The number of piperidine rings is 1. The van der Waals surface area contributed by atoms with Crippen LogP contribution in [0, 0.1) is 5.92 Å². The van der Waals surface area contributed by atoms with Gasteiger partial charge >= 0.3 is 0 Å². The molecule has 1 aliphatic rings. The van der Waals surface area contributed by atoms with Gasteiger partial charge in [-0.1, -0.05) is 12.1 Å². The van der Waals surface area contributed by atoms with Crippen molar-refractivity contribution in [3.05, 3.63) is 12.2 Å². The fourth-order valence-electron chi connectivity index (χ4n) is 2.71. The number of hydrogen-bond donors (Lipinski definition) is 1. The minimum absolute atomic E-state index is 0.601. The van der Waals surface area contributed by atoms with Gasteiger partial charge in [-0.15, -0.1) is 0 Å². The highest BCUT2D eigenvalue weighted by atomic mass is 16.5. The first-order valence-electron chi connectivity index (χ1n) is 6.39. The summed E-state index contributed by atoms with van der Waals surface area (Å²) >= 11 is 0. The lowest BCUT2D eigenvalue weighted by molar-refractivity contribution is 0.0867. The molecule has 17 heavy (non-hydrogen) atoms. The van der Waals surface area contributed by atoms with Crippen LogP contribution in [0.5, 0.6) is 0 Å². The average Bonchev–Trinajstić information content (AvgIpc) is 2.84. The van der Waals surface area contributed by atoms with Gasteiger partial charge in [0, 0.05) is 25.0 Å². The maximum absolute atomic E-state index is 5.03. The maximum Gasteiger partial charge on any atom is 0.227 e. The van der Waals surface area contributed by atoms with Gasteiger partial charge in [-0.05, 0) is 32.9 Å². The smallest absolute Gasteiger partial charge is 0.227 e. The van der Waals surface area contributed by atoms with Crippen molar-refractivity contribution in [2.75, 3.05) is 20.1 Å². The lowest BCUT2D eigenvalue weighted by atomic mass is 9.87. The fourth-order valence-corrected chi connectivity index (χ4v) is 2.71. The van der Waals surface area contributed by atoms with Gasteiger partial charge in [-0.2, -0.15) is 4.98 Å². The zero-order valence-electron chi connectivity index (χ0n) is 10.9. The van der Waals surface area contributed by atoms with Crippen molar-refractivity contribution in [1.29, 1.82) is 0 Å². The Hall–Kier alpha value is -0.940. The van der Waals surface area contributed by atoms with Crippen molar-refractivity contribution in [2.24, 2.45) is 5.92 Å². The van der Waals surface area contributed by atoms with Crippen LogP contribution in [0.15, 0.2) is 10.9 Å². The van der Waals surface area contributed by atoms with Gasteiger partial charge in [-0.3, -0.25) is 4.90 Å². The van der Waals surface area contributed by atoms with Gasteiger partial charge in [0.05, 0.1) is 0 Å². The minimum Gasteiger partial charge on any atom is -0.340 e. The maximum atomic E-state index is 5.03. The Kier molecular flexibility index (Phi) is 4.12. The van der Waals surface area contributed by atoms with E-state index in [1.807, 2.05) is 0 Å². The van der Waals surface area contributed by atoms with Crippen LogP contribution in [-0.4, -0.2) is 47.3 Å². The first-order chi connectivity index (χ1) is 8.22.